The third-order valence-electron chi connectivity index (χ3n) is 3.50. The molecule has 4 heteroatoms. The highest BCUT2D eigenvalue weighted by Gasteiger charge is 2.19. The highest BCUT2D eigenvalue weighted by Crippen LogP contribution is 2.23. The van der Waals surface area contributed by atoms with E-state index in [0.717, 1.165) is 11.1 Å². The summed E-state index contributed by atoms with van der Waals surface area (Å²) in [6, 6.07) is 19.2. The fourth-order valence-corrected chi connectivity index (χ4v) is 2.30. The lowest BCUT2D eigenvalue weighted by Gasteiger charge is -2.13. The summed E-state index contributed by atoms with van der Waals surface area (Å²) >= 11 is 0. The Balaban J connectivity index is 1.81. The summed E-state index contributed by atoms with van der Waals surface area (Å²) in [6.07, 6.45) is 1.45. The minimum absolute atomic E-state index is 0.0905. The zero-order valence-corrected chi connectivity index (χ0v) is 12.2. The van der Waals surface area contributed by atoms with E-state index in [0.29, 0.717) is 11.3 Å². The molecule has 4 nitrogen and oxygen atoms in total. The van der Waals surface area contributed by atoms with Gasteiger partial charge in [-0.2, -0.15) is 0 Å². The molecule has 0 fully saturated rings. The van der Waals surface area contributed by atoms with E-state index in [1.807, 2.05) is 67.6 Å². The number of rotatable bonds is 4. The van der Waals surface area contributed by atoms with Crippen LogP contribution < -0.4 is 5.32 Å². The number of nitrogens with one attached hydrogen (secondary N) is 1. The third kappa shape index (κ3) is 2.91. The van der Waals surface area contributed by atoms with E-state index in [4.69, 9.17) is 4.52 Å². The Kier molecular flexibility index (Phi) is 4.01. The van der Waals surface area contributed by atoms with Crippen molar-refractivity contribution in [2.45, 2.75) is 13.0 Å². The molecule has 0 bridgehead atoms. The number of benzene rings is 2. The van der Waals surface area contributed by atoms with Crippen LogP contribution in [-0.2, 0) is 0 Å². The number of nitrogens with zero attached hydrogens (tertiary/aromatic N) is 1. The van der Waals surface area contributed by atoms with Crippen LogP contribution in [0, 0.1) is 0 Å². The number of carbonyl (C=O) groups excluding carboxylic acids is 1. The largest absolute Gasteiger partial charge is 0.355 e. The molecule has 1 atom stereocenters. The lowest BCUT2D eigenvalue weighted by atomic mass is 10.1. The summed E-state index contributed by atoms with van der Waals surface area (Å²) in [5.41, 5.74) is 2.32. The third-order valence-corrected chi connectivity index (χ3v) is 3.50. The van der Waals surface area contributed by atoms with Crippen LogP contribution in [0.5, 0.6) is 0 Å². The van der Waals surface area contributed by atoms with Crippen molar-refractivity contribution in [1.82, 2.24) is 10.5 Å². The molecule has 110 valence electrons. The van der Waals surface area contributed by atoms with Crippen LogP contribution >= 0.6 is 0 Å². The average Bonchev–Trinajstić information content (AvgIpc) is 3.06. The quantitative estimate of drug-likeness (QED) is 0.795. The average molecular weight is 292 g/mol. The molecule has 0 aliphatic carbocycles. The molecule has 0 aliphatic rings. The molecule has 22 heavy (non-hydrogen) atoms. The first-order chi connectivity index (χ1) is 10.8. The molecule has 1 unspecified atom stereocenters. The van der Waals surface area contributed by atoms with Crippen LogP contribution in [0.15, 0.2) is 71.4 Å². The molecule has 0 saturated carbocycles. The van der Waals surface area contributed by atoms with E-state index in [9.17, 15) is 4.79 Å². The van der Waals surface area contributed by atoms with Crippen molar-refractivity contribution in [3.63, 3.8) is 0 Å². The topological polar surface area (TPSA) is 55.1 Å². The first kappa shape index (κ1) is 14.1. The molecular weight excluding hydrogens is 276 g/mol. The van der Waals surface area contributed by atoms with E-state index in [-0.39, 0.29) is 11.9 Å². The molecule has 1 heterocycles. The van der Waals surface area contributed by atoms with E-state index in [1.54, 1.807) is 0 Å². The minimum Gasteiger partial charge on any atom is -0.355 e. The summed E-state index contributed by atoms with van der Waals surface area (Å²) in [6.45, 7) is 1.95. The van der Waals surface area contributed by atoms with E-state index >= 15 is 0 Å². The van der Waals surface area contributed by atoms with Gasteiger partial charge in [-0.15, -0.1) is 0 Å². The molecule has 0 saturated heterocycles. The maximum Gasteiger partial charge on any atom is 0.257 e. The summed E-state index contributed by atoms with van der Waals surface area (Å²) in [7, 11) is 0. The molecule has 0 spiro atoms. The molecule has 2 aromatic carbocycles. The van der Waals surface area contributed by atoms with Crippen molar-refractivity contribution in [3.8, 4) is 11.3 Å². The van der Waals surface area contributed by atoms with Crippen LogP contribution in [0.1, 0.15) is 28.9 Å². The SMILES string of the molecule is CC(NC(=O)c1cnoc1-c1ccccc1)c1ccccc1. The summed E-state index contributed by atoms with van der Waals surface area (Å²) in [5.74, 6) is 0.287. The standard InChI is InChI=1S/C18H16N2O2/c1-13(14-8-4-2-5-9-14)20-18(21)16-12-19-22-17(16)15-10-6-3-7-11-15/h2-13H,1H3,(H,20,21). The van der Waals surface area contributed by atoms with Gasteiger partial charge in [-0.05, 0) is 12.5 Å². The first-order valence-electron chi connectivity index (χ1n) is 7.11. The monoisotopic (exact) mass is 292 g/mol. The molecular formula is C18H16N2O2. The second kappa shape index (κ2) is 6.26. The van der Waals surface area contributed by atoms with Crippen LogP contribution in [0.25, 0.3) is 11.3 Å². The van der Waals surface area contributed by atoms with Crippen molar-refractivity contribution in [2.24, 2.45) is 0 Å². The fraction of sp³-hybridized carbons (Fsp3) is 0.111. The lowest BCUT2D eigenvalue weighted by molar-refractivity contribution is 0.0940. The second-order valence-electron chi connectivity index (χ2n) is 5.04. The number of carbonyl (C=O) groups is 1. The van der Waals surface area contributed by atoms with Gasteiger partial charge < -0.3 is 9.84 Å². The maximum atomic E-state index is 12.5. The van der Waals surface area contributed by atoms with E-state index < -0.39 is 0 Å². The fourth-order valence-electron chi connectivity index (χ4n) is 2.30. The Hall–Kier alpha value is -2.88. The zero-order valence-electron chi connectivity index (χ0n) is 12.2. The molecule has 1 aromatic heterocycles. The van der Waals surface area contributed by atoms with Crippen LogP contribution in [0.4, 0.5) is 0 Å². The van der Waals surface area contributed by atoms with Crippen molar-refractivity contribution in [1.29, 1.82) is 0 Å². The highest BCUT2D eigenvalue weighted by molar-refractivity contribution is 5.99. The molecule has 3 aromatic rings. The number of hydrogen-bond donors (Lipinski definition) is 1. The maximum absolute atomic E-state index is 12.5. The van der Waals surface area contributed by atoms with Crippen molar-refractivity contribution >= 4 is 5.91 Å². The van der Waals surface area contributed by atoms with Gasteiger partial charge in [0.2, 0.25) is 0 Å². The van der Waals surface area contributed by atoms with E-state index in [1.165, 1.54) is 6.20 Å². The zero-order chi connectivity index (χ0) is 15.4. The number of hydrogen-bond acceptors (Lipinski definition) is 3. The summed E-state index contributed by atoms with van der Waals surface area (Å²) in [4.78, 5) is 12.5. The number of aromatic nitrogens is 1. The van der Waals surface area contributed by atoms with Gasteiger partial charge in [-0.1, -0.05) is 65.8 Å². The highest BCUT2D eigenvalue weighted by atomic mass is 16.5. The normalized spacial score (nSPS) is 11.9. The van der Waals surface area contributed by atoms with Gasteiger partial charge in [-0.3, -0.25) is 4.79 Å². The Bertz CT molecular complexity index is 751. The van der Waals surface area contributed by atoms with Gasteiger partial charge in [0.05, 0.1) is 12.2 Å². The smallest absolute Gasteiger partial charge is 0.257 e. The predicted octanol–water partition coefficient (Wildman–Crippen LogP) is 3.83. The van der Waals surface area contributed by atoms with Gasteiger partial charge in [0.1, 0.15) is 5.56 Å². The first-order valence-corrected chi connectivity index (χ1v) is 7.11. The Labute approximate surface area is 128 Å². The van der Waals surface area contributed by atoms with Gasteiger partial charge in [0.25, 0.3) is 5.91 Å². The summed E-state index contributed by atoms with van der Waals surface area (Å²) < 4.78 is 5.25. The lowest BCUT2D eigenvalue weighted by Crippen LogP contribution is -2.26. The van der Waals surface area contributed by atoms with Gasteiger partial charge in [0, 0.05) is 5.56 Å². The number of amides is 1. The Morgan fingerprint density at radius 1 is 1.05 bits per heavy atom. The Morgan fingerprint density at radius 2 is 1.68 bits per heavy atom. The molecule has 0 aliphatic heterocycles. The van der Waals surface area contributed by atoms with Crippen LogP contribution in [-0.4, -0.2) is 11.1 Å². The molecule has 1 N–H and O–H groups in total. The van der Waals surface area contributed by atoms with Gasteiger partial charge in [-0.25, -0.2) is 0 Å². The predicted molar refractivity (Wildman–Crippen MR) is 84.3 cm³/mol. The van der Waals surface area contributed by atoms with Crippen molar-refractivity contribution in [2.75, 3.05) is 0 Å². The van der Waals surface area contributed by atoms with Crippen molar-refractivity contribution < 1.29 is 9.32 Å². The van der Waals surface area contributed by atoms with Crippen LogP contribution in [0.3, 0.4) is 0 Å². The molecule has 0 radical (unpaired) electrons. The summed E-state index contributed by atoms with van der Waals surface area (Å²) in [5, 5.41) is 6.73. The molecule has 1 amide bonds. The van der Waals surface area contributed by atoms with E-state index in [2.05, 4.69) is 10.5 Å². The molecule has 3 rings (SSSR count). The van der Waals surface area contributed by atoms with Gasteiger partial charge >= 0.3 is 0 Å². The van der Waals surface area contributed by atoms with Crippen molar-refractivity contribution in [3.05, 3.63) is 78.0 Å². The van der Waals surface area contributed by atoms with Crippen LogP contribution in [0.2, 0.25) is 0 Å². The second-order valence-corrected chi connectivity index (χ2v) is 5.04. The minimum atomic E-state index is -0.198. The Morgan fingerprint density at radius 3 is 2.36 bits per heavy atom. The van der Waals surface area contributed by atoms with Gasteiger partial charge in [0.15, 0.2) is 5.76 Å².